The molecule has 4 rings (SSSR count). The van der Waals surface area contributed by atoms with Crippen molar-refractivity contribution >= 4 is 11.2 Å². The second-order valence-electron chi connectivity index (χ2n) is 6.22. The van der Waals surface area contributed by atoms with Gasteiger partial charge in [-0.1, -0.05) is 55.7 Å². The van der Waals surface area contributed by atoms with Crippen LogP contribution in [0, 0.1) is 0 Å². The van der Waals surface area contributed by atoms with Crippen LogP contribution in [0.5, 0.6) is 0 Å². The second-order valence-corrected chi connectivity index (χ2v) is 7.61. The summed E-state index contributed by atoms with van der Waals surface area (Å²) in [6, 6.07) is 14.7. The standard InChI is InChI=1S/C19H20OS/c20-21-18-12-5-4-9-15(18)13-16-10-6-11-17(19(16)21)14-7-2-1-3-8-14/h4-6,9-12,14H,1-3,7-8,13H2. The molecule has 0 radical (unpaired) electrons. The smallest absolute Gasteiger partial charge is 0.165 e. The van der Waals surface area contributed by atoms with Crippen molar-refractivity contribution in [2.75, 3.05) is 0 Å². The molecule has 0 spiro atoms. The van der Waals surface area contributed by atoms with Crippen LogP contribution in [0.3, 0.4) is 0 Å². The molecule has 0 amide bonds. The molecule has 2 aromatic rings. The zero-order valence-corrected chi connectivity index (χ0v) is 13.0. The number of fused-ring (bicyclic) bond motifs is 2. The van der Waals surface area contributed by atoms with E-state index in [9.17, 15) is 4.55 Å². The fourth-order valence-electron chi connectivity index (χ4n) is 3.85. The molecule has 1 aliphatic heterocycles. The van der Waals surface area contributed by atoms with Crippen molar-refractivity contribution in [3.05, 3.63) is 59.2 Å². The van der Waals surface area contributed by atoms with Crippen molar-refractivity contribution in [2.45, 2.75) is 54.2 Å². The largest absolute Gasteiger partial charge is 0.606 e. The minimum atomic E-state index is -1.00. The monoisotopic (exact) mass is 296 g/mol. The highest BCUT2D eigenvalue weighted by molar-refractivity contribution is 7.91. The van der Waals surface area contributed by atoms with Crippen molar-refractivity contribution in [3.63, 3.8) is 0 Å². The lowest BCUT2D eigenvalue weighted by molar-refractivity contribution is 0.438. The van der Waals surface area contributed by atoms with Crippen LogP contribution < -0.4 is 0 Å². The first-order valence-corrected chi connectivity index (χ1v) is 9.11. The van der Waals surface area contributed by atoms with Crippen molar-refractivity contribution in [1.82, 2.24) is 0 Å². The van der Waals surface area contributed by atoms with Gasteiger partial charge in [0.2, 0.25) is 0 Å². The third kappa shape index (κ3) is 2.31. The Hall–Kier alpha value is -1.25. The summed E-state index contributed by atoms with van der Waals surface area (Å²) in [7, 11) is 0. The molecule has 1 aliphatic carbocycles. The number of hydrogen-bond donors (Lipinski definition) is 0. The average Bonchev–Trinajstić information content (AvgIpc) is 2.55. The van der Waals surface area contributed by atoms with E-state index in [-0.39, 0.29) is 0 Å². The lowest BCUT2D eigenvalue weighted by Crippen LogP contribution is -2.19. The highest BCUT2D eigenvalue weighted by atomic mass is 32.2. The molecule has 21 heavy (non-hydrogen) atoms. The van der Waals surface area contributed by atoms with Gasteiger partial charge in [-0.15, -0.1) is 0 Å². The van der Waals surface area contributed by atoms with Crippen molar-refractivity contribution in [3.8, 4) is 0 Å². The fourth-order valence-corrected chi connectivity index (χ4v) is 5.48. The van der Waals surface area contributed by atoms with E-state index < -0.39 is 11.2 Å². The predicted octanol–water partition coefficient (Wildman–Crippen LogP) is 4.81. The van der Waals surface area contributed by atoms with Gasteiger partial charge in [0.05, 0.1) is 0 Å². The van der Waals surface area contributed by atoms with Crippen molar-refractivity contribution in [1.29, 1.82) is 0 Å². The summed E-state index contributed by atoms with van der Waals surface area (Å²) in [4.78, 5) is 2.15. The van der Waals surface area contributed by atoms with E-state index in [0.29, 0.717) is 5.92 Å². The molecule has 0 bridgehead atoms. The van der Waals surface area contributed by atoms with E-state index in [1.807, 2.05) is 18.2 Å². The molecule has 1 unspecified atom stereocenters. The Morgan fingerprint density at radius 2 is 1.62 bits per heavy atom. The highest BCUT2D eigenvalue weighted by Crippen LogP contribution is 2.42. The quantitative estimate of drug-likeness (QED) is 0.693. The Labute approximate surface area is 129 Å². The summed E-state index contributed by atoms with van der Waals surface area (Å²) in [5.74, 6) is 0.614. The van der Waals surface area contributed by atoms with E-state index in [1.165, 1.54) is 48.8 Å². The third-order valence-corrected chi connectivity index (χ3v) is 6.58. The van der Waals surface area contributed by atoms with Gasteiger partial charge in [0.15, 0.2) is 9.79 Å². The van der Waals surface area contributed by atoms with Crippen LogP contribution in [0.1, 0.15) is 54.7 Å². The van der Waals surface area contributed by atoms with Gasteiger partial charge in [0.1, 0.15) is 0 Å². The Kier molecular flexibility index (Phi) is 3.52. The lowest BCUT2D eigenvalue weighted by atomic mass is 9.83. The SMILES string of the molecule is [O-][S+]1c2ccccc2Cc2cccc(C3CCCCC3)c21. The molecule has 2 heteroatoms. The second kappa shape index (κ2) is 5.51. The fraction of sp³-hybridized carbons (Fsp3) is 0.368. The van der Waals surface area contributed by atoms with Gasteiger partial charge in [0, 0.05) is 34.3 Å². The van der Waals surface area contributed by atoms with Crippen LogP contribution in [-0.4, -0.2) is 4.55 Å². The van der Waals surface area contributed by atoms with Crippen LogP contribution in [-0.2, 0) is 17.6 Å². The maximum Gasteiger partial charge on any atom is 0.165 e. The highest BCUT2D eigenvalue weighted by Gasteiger charge is 2.33. The first kappa shape index (κ1) is 13.4. The molecule has 1 heterocycles. The Bertz CT molecular complexity index is 658. The average molecular weight is 296 g/mol. The van der Waals surface area contributed by atoms with E-state index in [2.05, 4.69) is 24.3 Å². The van der Waals surface area contributed by atoms with E-state index in [4.69, 9.17) is 0 Å². The van der Waals surface area contributed by atoms with Crippen LogP contribution in [0.2, 0.25) is 0 Å². The zero-order chi connectivity index (χ0) is 14.2. The first-order chi connectivity index (χ1) is 10.3. The van der Waals surface area contributed by atoms with Gasteiger partial charge in [-0.3, -0.25) is 0 Å². The molecule has 0 saturated heterocycles. The molecular formula is C19H20OS. The molecule has 0 N–H and O–H groups in total. The summed E-state index contributed by atoms with van der Waals surface area (Å²) >= 11 is -1.00. The van der Waals surface area contributed by atoms with Gasteiger partial charge in [-0.05, 0) is 24.8 Å². The Morgan fingerprint density at radius 3 is 2.48 bits per heavy atom. The number of hydrogen-bond acceptors (Lipinski definition) is 1. The topological polar surface area (TPSA) is 23.1 Å². The summed E-state index contributed by atoms with van der Waals surface area (Å²) < 4.78 is 13.1. The van der Waals surface area contributed by atoms with Gasteiger partial charge in [0.25, 0.3) is 0 Å². The molecule has 1 saturated carbocycles. The van der Waals surface area contributed by atoms with Crippen LogP contribution in [0.4, 0.5) is 0 Å². The van der Waals surface area contributed by atoms with Gasteiger partial charge in [-0.2, -0.15) is 0 Å². The lowest BCUT2D eigenvalue weighted by Gasteiger charge is -2.28. The molecule has 1 atom stereocenters. The molecule has 0 aromatic heterocycles. The third-order valence-electron chi connectivity index (χ3n) is 4.91. The summed E-state index contributed by atoms with van der Waals surface area (Å²) in [5, 5.41) is 0. The van der Waals surface area contributed by atoms with Crippen LogP contribution in [0.15, 0.2) is 52.3 Å². The normalized spacial score (nSPS) is 21.7. The van der Waals surface area contributed by atoms with Crippen LogP contribution in [0.25, 0.3) is 0 Å². The summed E-state index contributed by atoms with van der Waals surface area (Å²) in [6.45, 7) is 0. The zero-order valence-electron chi connectivity index (χ0n) is 12.2. The Balaban J connectivity index is 1.80. The Morgan fingerprint density at radius 1 is 0.857 bits per heavy atom. The minimum Gasteiger partial charge on any atom is -0.606 e. The number of benzene rings is 2. The molecule has 1 nitrogen and oxygen atoms in total. The van der Waals surface area contributed by atoms with Gasteiger partial charge in [-0.25, -0.2) is 0 Å². The maximum atomic E-state index is 13.1. The van der Waals surface area contributed by atoms with Crippen molar-refractivity contribution in [2.24, 2.45) is 0 Å². The van der Waals surface area contributed by atoms with Gasteiger partial charge < -0.3 is 4.55 Å². The minimum absolute atomic E-state index is 0.614. The summed E-state index contributed by atoms with van der Waals surface area (Å²) in [5.41, 5.74) is 3.86. The predicted molar refractivity (Wildman–Crippen MR) is 86.2 cm³/mol. The molecular weight excluding hydrogens is 276 g/mol. The van der Waals surface area contributed by atoms with E-state index >= 15 is 0 Å². The summed E-state index contributed by atoms with van der Waals surface area (Å²) in [6.07, 6.45) is 7.44. The molecule has 2 aromatic carbocycles. The molecule has 108 valence electrons. The molecule has 2 aliphatic rings. The van der Waals surface area contributed by atoms with Crippen LogP contribution >= 0.6 is 0 Å². The van der Waals surface area contributed by atoms with E-state index in [0.717, 1.165) is 16.2 Å². The van der Waals surface area contributed by atoms with E-state index in [1.54, 1.807) is 0 Å². The number of rotatable bonds is 1. The van der Waals surface area contributed by atoms with Crippen molar-refractivity contribution < 1.29 is 4.55 Å². The molecule has 1 fully saturated rings. The first-order valence-electron chi connectivity index (χ1n) is 7.96. The maximum absolute atomic E-state index is 13.1. The van der Waals surface area contributed by atoms with Gasteiger partial charge >= 0.3 is 0 Å².